The molecule has 178 valence electrons. The quantitative estimate of drug-likeness (QED) is 0.292. The van der Waals surface area contributed by atoms with Gasteiger partial charge in [0.25, 0.3) is 10.0 Å². The van der Waals surface area contributed by atoms with Gasteiger partial charge in [0.15, 0.2) is 22.1 Å². The molecule has 0 atom stereocenters. The van der Waals surface area contributed by atoms with E-state index in [2.05, 4.69) is 30.7 Å². The fourth-order valence-corrected chi connectivity index (χ4v) is 5.18. The fourth-order valence-electron chi connectivity index (χ4n) is 3.85. The standard InChI is InChI=1S/C21H22N6O6S/c1-30-15-5-4-6-16(31-2)19(15)34(28,29)27-21-11-7-18(32-3)13(8-17(11)33-26-21)23-20-12-9-22-10-14(12)24-25-20/h4-8,22H,9-10H2,1-3H3,(H,26,27)(H2,23,24,25). The van der Waals surface area contributed by atoms with Crippen LogP contribution in [0.2, 0.25) is 0 Å². The second kappa shape index (κ2) is 8.43. The summed E-state index contributed by atoms with van der Waals surface area (Å²) in [5, 5.41) is 18.1. The van der Waals surface area contributed by atoms with Gasteiger partial charge in [-0.2, -0.15) is 5.10 Å². The lowest BCUT2D eigenvalue weighted by atomic mass is 10.2. The number of nitrogens with one attached hydrogen (secondary N) is 4. The highest BCUT2D eigenvalue weighted by Crippen LogP contribution is 2.39. The van der Waals surface area contributed by atoms with Gasteiger partial charge in [0.1, 0.15) is 17.2 Å². The van der Waals surface area contributed by atoms with E-state index in [1.807, 2.05) is 0 Å². The van der Waals surface area contributed by atoms with Gasteiger partial charge in [-0.15, -0.1) is 0 Å². The number of benzene rings is 2. The average Bonchev–Trinajstić information content (AvgIpc) is 3.55. The highest BCUT2D eigenvalue weighted by molar-refractivity contribution is 7.93. The van der Waals surface area contributed by atoms with Gasteiger partial charge >= 0.3 is 0 Å². The molecular formula is C21H22N6O6S. The van der Waals surface area contributed by atoms with Crippen molar-refractivity contribution < 1.29 is 27.2 Å². The number of sulfonamides is 1. The van der Waals surface area contributed by atoms with Crippen molar-refractivity contribution in [1.82, 2.24) is 20.7 Å². The summed E-state index contributed by atoms with van der Waals surface area (Å²) in [5.41, 5.74) is 3.00. The van der Waals surface area contributed by atoms with Crippen LogP contribution in [0, 0.1) is 0 Å². The molecule has 4 aromatic rings. The van der Waals surface area contributed by atoms with E-state index in [1.165, 1.54) is 33.5 Å². The summed E-state index contributed by atoms with van der Waals surface area (Å²) in [4.78, 5) is -0.151. The third-order valence-corrected chi connectivity index (χ3v) is 6.89. The van der Waals surface area contributed by atoms with Crippen LogP contribution in [0.5, 0.6) is 17.2 Å². The molecule has 0 unspecified atom stereocenters. The largest absolute Gasteiger partial charge is 0.495 e. The summed E-state index contributed by atoms with van der Waals surface area (Å²) in [6.07, 6.45) is 0. The number of H-pyrrole nitrogens is 1. The SMILES string of the molecule is COc1cc2c(NS(=O)(=O)c3c(OC)cccc3OC)noc2cc1Nc1n[nH]c2c1CNC2. The number of fused-ring (bicyclic) bond motifs is 2. The second-order valence-electron chi connectivity index (χ2n) is 7.43. The van der Waals surface area contributed by atoms with Gasteiger partial charge in [-0.05, 0) is 18.2 Å². The van der Waals surface area contributed by atoms with Gasteiger partial charge in [0.05, 0.1) is 38.1 Å². The number of hydrogen-bond donors (Lipinski definition) is 4. The fraction of sp³-hybridized carbons (Fsp3) is 0.238. The van der Waals surface area contributed by atoms with Crippen LogP contribution in [0.1, 0.15) is 11.3 Å². The van der Waals surface area contributed by atoms with Crippen LogP contribution in [0.15, 0.2) is 39.8 Å². The minimum Gasteiger partial charge on any atom is -0.495 e. The third-order valence-electron chi connectivity index (χ3n) is 5.48. The van der Waals surface area contributed by atoms with Gasteiger partial charge in [-0.3, -0.25) is 9.82 Å². The first-order valence-electron chi connectivity index (χ1n) is 10.2. The Morgan fingerprint density at radius 2 is 1.74 bits per heavy atom. The lowest BCUT2D eigenvalue weighted by molar-refractivity contribution is 0.373. The van der Waals surface area contributed by atoms with E-state index in [4.69, 9.17) is 18.7 Å². The van der Waals surface area contributed by atoms with Crippen LogP contribution in [0.25, 0.3) is 11.0 Å². The van der Waals surface area contributed by atoms with E-state index in [1.54, 1.807) is 18.2 Å². The average molecular weight is 487 g/mol. The summed E-state index contributed by atoms with van der Waals surface area (Å²) in [6.45, 7) is 1.42. The number of rotatable bonds is 8. The van der Waals surface area contributed by atoms with Crippen LogP contribution >= 0.6 is 0 Å². The van der Waals surface area contributed by atoms with Crippen LogP contribution in [-0.2, 0) is 23.1 Å². The lowest BCUT2D eigenvalue weighted by Crippen LogP contribution is -2.15. The van der Waals surface area contributed by atoms with Crippen molar-refractivity contribution in [2.45, 2.75) is 18.0 Å². The number of nitrogens with zero attached hydrogens (tertiary/aromatic N) is 2. The second-order valence-corrected chi connectivity index (χ2v) is 9.05. The molecule has 0 fully saturated rings. The van der Waals surface area contributed by atoms with Crippen molar-refractivity contribution in [2.75, 3.05) is 31.4 Å². The molecule has 0 bridgehead atoms. The first-order chi connectivity index (χ1) is 16.4. The molecule has 0 saturated heterocycles. The molecule has 0 radical (unpaired) electrons. The number of hydrogen-bond acceptors (Lipinski definition) is 10. The number of methoxy groups -OCH3 is 3. The van der Waals surface area contributed by atoms with Gasteiger partial charge in [-0.1, -0.05) is 11.2 Å². The van der Waals surface area contributed by atoms with Crippen molar-refractivity contribution in [3.8, 4) is 17.2 Å². The number of aromatic nitrogens is 3. The maximum atomic E-state index is 13.2. The van der Waals surface area contributed by atoms with Crippen LogP contribution in [0.4, 0.5) is 17.3 Å². The predicted octanol–water partition coefficient (Wildman–Crippen LogP) is 2.72. The highest BCUT2D eigenvalue weighted by atomic mass is 32.2. The molecule has 0 amide bonds. The summed E-state index contributed by atoms with van der Waals surface area (Å²) in [5.74, 6) is 1.38. The number of aromatic amines is 1. The van der Waals surface area contributed by atoms with Gasteiger partial charge in [0.2, 0.25) is 0 Å². The molecule has 1 aliphatic rings. The maximum Gasteiger partial charge on any atom is 0.270 e. The topological polar surface area (TPSA) is 153 Å². The molecule has 2 aromatic carbocycles. The first kappa shape index (κ1) is 21.9. The van der Waals surface area contributed by atoms with E-state index >= 15 is 0 Å². The molecule has 5 rings (SSSR count). The Morgan fingerprint density at radius 1 is 1.00 bits per heavy atom. The van der Waals surface area contributed by atoms with E-state index < -0.39 is 10.0 Å². The van der Waals surface area contributed by atoms with Gasteiger partial charge in [-0.25, -0.2) is 8.42 Å². The van der Waals surface area contributed by atoms with Crippen molar-refractivity contribution in [1.29, 1.82) is 0 Å². The molecule has 2 aromatic heterocycles. The zero-order valence-corrected chi connectivity index (χ0v) is 19.4. The Morgan fingerprint density at radius 3 is 2.44 bits per heavy atom. The van der Waals surface area contributed by atoms with Crippen molar-refractivity contribution >= 4 is 38.3 Å². The monoisotopic (exact) mass is 486 g/mol. The summed E-state index contributed by atoms with van der Waals surface area (Å²) < 4.78 is 50.3. The Balaban J connectivity index is 1.51. The van der Waals surface area contributed by atoms with Crippen molar-refractivity contribution in [3.05, 3.63) is 41.6 Å². The Kier molecular flexibility index (Phi) is 5.42. The lowest BCUT2D eigenvalue weighted by Gasteiger charge is -2.14. The molecule has 0 saturated carbocycles. The minimum absolute atomic E-state index is 0.00216. The van der Waals surface area contributed by atoms with E-state index in [-0.39, 0.29) is 22.2 Å². The maximum absolute atomic E-state index is 13.2. The Labute approximate surface area is 194 Å². The molecule has 3 heterocycles. The minimum atomic E-state index is -4.14. The van der Waals surface area contributed by atoms with Crippen LogP contribution in [0.3, 0.4) is 0 Å². The normalized spacial score (nSPS) is 13.0. The smallest absolute Gasteiger partial charge is 0.270 e. The molecule has 12 nitrogen and oxygen atoms in total. The molecule has 4 N–H and O–H groups in total. The predicted molar refractivity (Wildman–Crippen MR) is 123 cm³/mol. The molecule has 13 heteroatoms. The van der Waals surface area contributed by atoms with E-state index in [0.717, 1.165) is 17.8 Å². The van der Waals surface area contributed by atoms with E-state index in [0.29, 0.717) is 34.8 Å². The zero-order chi connectivity index (χ0) is 23.9. The third kappa shape index (κ3) is 3.64. The molecule has 0 aliphatic carbocycles. The van der Waals surface area contributed by atoms with Crippen LogP contribution < -0.4 is 29.6 Å². The molecule has 34 heavy (non-hydrogen) atoms. The molecule has 1 aliphatic heterocycles. The molecular weight excluding hydrogens is 464 g/mol. The van der Waals surface area contributed by atoms with Crippen molar-refractivity contribution in [3.63, 3.8) is 0 Å². The summed E-state index contributed by atoms with van der Waals surface area (Å²) >= 11 is 0. The highest BCUT2D eigenvalue weighted by Gasteiger charge is 2.27. The molecule has 0 spiro atoms. The summed E-state index contributed by atoms with van der Waals surface area (Å²) in [6, 6.07) is 8.00. The number of anilines is 3. The van der Waals surface area contributed by atoms with Crippen molar-refractivity contribution in [2.24, 2.45) is 0 Å². The van der Waals surface area contributed by atoms with Gasteiger partial charge in [0, 0.05) is 24.7 Å². The van der Waals surface area contributed by atoms with E-state index in [9.17, 15) is 8.42 Å². The zero-order valence-electron chi connectivity index (χ0n) is 18.6. The van der Waals surface area contributed by atoms with Crippen LogP contribution in [-0.4, -0.2) is 45.1 Å². The van der Waals surface area contributed by atoms with Gasteiger partial charge < -0.3 is 29.4 Å². The summed E-state index contributed by atoms with van der Waals surface area (Å²) in [7, 11) is 0.133. The Bertz CT molecular complexity index is 1460. The first-order valence-corrected chi connectivity index (χ1v) is 11.7. The Hall–Kier alpha value is -3.97. The number of ether oxygens (including phenoxy) is 3.